The molecule has 0 fully saturated rings. The van der Waals surface area contributed by atoms with Crippen LogP contribution in [0.1, 0.15) is 17.1 Å². The van der Waals surface area contributed by atoms with Crippen LogP contribution < -0.4 is 10.6 Å². The first-order valence-electron chi connectivity index (χ1n) is 5.40. The lowest BCUT2D eigenvalue weighted by Gasteiger charge is -2.01. The summed E-state index contributed by atoms with van der Waals surface area (Å²) < 4.78 is 5.35. The number of anilines is 1. The van der Waals surface area contributed by atoms with Crippen molar-refractivity contribution in [3.8, 4) is 0 Å². The molecule has 2 rings (SSSR count). The molecule has 0 amide bonds. The van der Waals surface area contributed by atoms with Crippen molar-refractivity contribution < 1.29 is 4.42 Å². The molecule has 0 aliphatic heterocycles. The van der Waals surface area contributed by atoms with Gasteiger partial charge in [-0.2, -0.15) is 0 Å². The smallest absolute Gasteiger partial charge is 0.315 e. The third-order valence-electron chi connectivity index (χ3n) is 2.21. The van der Waals surface area contributed by atoms with Gasteiger partial charge >= 0.3 is 6.01 Å². The fourth-order valence-electron chi connectivity index (χ4n) is 1.33. The molecule has 2 N–H and O–H groups in total. The molecule has 0 atom stereocenters. The van der Waals surface area contributed by atoms with Gasteiger partial charge in [-0.05, 0) is 25.6 Å². The van der Waals surface area contributed by atoms with E-state index < -0.39 is 0 Å². The summed E-state index contributed by atoms with van der Waals surface area (Å²) in [5.41, 5.74) is 2.08. The summed E-state index contributed by atoms with van der Waals surface area (Å²) in [5, 5.41) is 13.7. The van der Waals surface area contributed by atoms with E-state index in [1.165, 1.54) is 0 Å². The first-order chi connectivity index (χ1) is 8.28. The summed E-state index contributed by atoms with van der Waals surface area (Å²) in [6, 6.07) is 4.41. The van der Waals surface area contributed by atoms with Crippen molar-refractivity contribution in [3.63, 3.8) is 0 Å². The van der Waals surface area contributed by atoms with Crippen LogP contribution in [0, 0.1) is 6.92 Å². The molecular formula is C11H15N5O. The highest BCUT2D eigenvalue weighted by molar-refractivity contribution is 5.22. The van der Waals surface area contributed by atoms with Crippen LogP contribution in [0.5, 0.6) is 0 Å². The van der Waals surface area contributed by atoms with Crippen LogP contribution in [0.4, 0.5) is 6.01 Å². The summed E-state index contributed by atoms with van der Waals surface area (Å²) in [5.74, 6) is 0.567. The van der Waals surface area contributed by atoms with Crippen LogP contribution in [0.3, 0.4) is 0 Å². The van der Waals surface area contributed by atoms with Crippen molar-refractivity contribution in [3.05, 3.63) is 35.5 Å². The molecule has 2 aromatic rings. The fraction of sp³-hybridized carbons (Fsp3) is 0.364. The molecular weight excluding hydrogens is 218 g/mol. The first kappa shape index (κ1) is 11.5. The molecule has 6 heteroatoms. The zero-order chi connectivity index (χ0) is 12.1. The van der Waals surface area contributed by atoms with Crippen LogP contribution in [-0.4, -0.2) is 22.2 Å². The Kier molecular flexibility index (Phi) is 3.66. The van der Waals surface area contributed by atoms with Crippen LogP contribution in [0.2, 0.25) is 0 Å². The average molecular weight is 233 g/mol. The van der Waals surface area contributed by atoms with Crippen molar-refractivity contribution >= 4 is 6.01 Å². The van der Waals surface area contributed by atoms with Gasteiger partial charge in [0.15, 0.2) is 0 Å². The zero-order valence-electron chi connectivity index (χ0n) is 9.90. The van der Waals surface area contributed by atoms with Crippen molar-refractivity contribution in [2.24, 2.45) is 0 Å². The van der Waals surface area contributed by atoms with Crippen molar-refractivity contribution in [1.29, 1.82) is 0 Å². The van der Waals surface area contributed by atoms with E-state index in [0.29, 0.717) is 25.0 Å². The Morgan fingerprint density at radius 3 is 2.82 bits per heavy atom. The number of hydrogen-bond donors (Lipinski definition) is 2. The molecule has 0 unspecified atom stereocenters. The molecule has 6 nitrogen and oxygen atoms in total. The minimum atomic E-state index is 0.427. The fourth-order valence-corrected chi connectivity index (χ4v) is 1.33. The Hall–Kier alpha value is -1.95. The third-order valence-corrected chi connectivity index (χ3v) is 2.21. The molecule has 90 valence electrons. The van der Waals surface area contributed by atoms with Crippen molar-refractivity contribution in [1.82, 2.24) is 20.5 Å². The standard InChI is InChI=1S/C11H15N5O/c1-8-3-4-9(5-13-8)6-14-11-16-15-10(17-11)7-12-2/h3-5,12H,6-7H2,1-2H3,(H,14,16). The molecule has 2 aromatic heterocycles. The van der Waals surface area contributed by atoms with E-state index in [1.807, 2.05) is 32.3 Å². The van der Waals surface area contributed by atoms with Crippen LogP contribution >= 0.6 is 0 Å². The van der Waals surface area contributed by atoms with Crippen molar-refractivity contribution in [2.75, 3.05) is 12.4 Å². The van der Waals surface area contributed by atoms with E-state index in [4.69, 9.17) is 4.42 Å². The number of nitrogens with one attached hydrogen (secondary N) is 2. The second-order valence-electron chi connectivity index (χ2n) is 3.69. The largest absolute Gasteiger partial charge is 0.407 e. The van der Waals surface area contributed by atoms with Gasteiger partial charge < -0.3 is 15.1 Å². The Balaban J connectivity index is 1.90. The minimum Gasteiger partial charge on any atom is -0.407 e. The molecule has 0 aliphatic rings. The molecule has 0 radical (unpaired) electrons. The molecule has 0 aliphatic carbocycles. The molecule has 0 aromatic carbocycles. The number of hydrogen-bond acceptors (Lipinski definition) is 6. The van der Waals surface area contributed by atoms with Gasteiger partial charge in [-0.25, -0.2) is 0 Å². The third kappa shape index (κ3) is 3.25. The van der Waals surface area contributed by atoms with Gasteiger partial charge in [0.1, 0.15) is 0 Å². The summed E-state index contributed by atoms with van der Waals surface area (Å²) >= 11 is 0. The van der Waals surface area contributed by atoms with E-state index in [9.17, 15) is 0 Å². The predicted octanol–water partition coefficient (Wildman–Crippen LogP) is 1.10. The van der Waals surface area contributed by atoms with E-state index >= 15 is 0 Å². The van der Waals surface area contributed by atoms with Gasteiger partial charge in [-0.3, -0.25) is 4.98 Å². The maximum Gasteiger partial charge on any atom is 0.315 e. The summed E-state index contributed by atoms with van der Waals surface area (Å²) in [6.07, 6.45) is 1.83. The first-order valence-corrected chi connectivity index (χ1v) is 5.40. The minimum absolute atomic E-state index is 0.427. The molecule has 0 bridgehead atoms. The molecule has 2 heterocycles. The highest BCUT2D eigenvalue weighted by Gasteiger charge is 2.04. The van der Waals surface area contributed by atoms with Gasteiger partial charge in [0.25, 0.3) is 0 Å². The van der Waals surface area contributed by atoms with Crippen molar-refractivity contribution in [2.45, 2.75) is 20.0 Å². The van der Waals surface area contributed by atoms with Gasteiger partial charge in [0, 0.05) is 18.4 Å². The SMILES string of the molecule is CNCc1nnc(NCc2ccc(C)nc2)o1. The second-order valence-corrected chi connectivity index (χ2v) is 3.69. The lowest BCUT2D eigenvalue weighted by molar-refractivity contribution is 0.489. The van der Waals surface area contributed by atoms with E-state index in [0.717, 1.165) is 11.3 Å². The zero-order valence-corrected chi connectivity index (χ0v) is 9.90. The monoisotopic (exact) mass is 233 g/mol. The second kappa shape index (κ2) is 5.40. The Morgan fingerprint density at radius 1 is 1.24 bits per heavy atom. The molecule has 0 spiro atoms. The molecule has 17 heavy (non-hydrogen) atoms. The predicted molar refractivity (Wildman–Crippen MR) is 63.4 cm³/mol. The van der Waals surface area contributed by atoms with E-state index in [1.54, 1.807) is 0 Å². The van der Waals surface area contributed by atoms with Gasteiger partial charge in [0.05, 0.1) is 6.54 Å². The van der Waals surface area contributed by atoms with Crippen LogP contribution in [-0.2, 0) is 13.1 Å². The highest BCUT2D eigenvalue weighted by atomic mass is 16.4. The summed E-state index contributed by atoms with van der Waals surface area (Å²) in [7, 11) is 1.83. The summed E-state index contributed by atoms with van der Waals surface area (Å²) in [6.45, 7) is 3.15. The average Bonchev–Trinajstić information content (AvgIpc) is 2.77. The van der Waals surface area contributed by atoms with Gasteiger partial charge in [0.2, 0.25) is 5.89 Å². The van der Waals surface area contributed by atoms with Crippen LogP contribution in [0.15, 0.2) is 22.7 Å². The van der Waals surface area contributed by atoms with Crippen LogP contribution in [0.25, 0.3) is 0 Å². The van der Waals surface area contributed by atoms with Gasteiger partial charge in [-0.15, -0.1) is 5.10 Å². The highest BCUT2D eigenvalue weighted by Crippen LogP contribution is 2.07. The lowest BCUT2D eigenvalue weighted by atomic mass is 10.2. The number of rotatable bonds is 5. The number of aryl methyl sites for hydroxylation is 1. The number of pyridine rings is 1. The molecule has 0 saturated heterocycles. The van der Waals surface area contributed by atoms with E-state index in [2.05, 4.69) is 25.8 Å². The lowest BCUT2D eigenvalue weighted by Crippen LogP contribution is -2.04. The topological polar surface area (TPSA) is 75.9 Å². The normalized spacial score (nSPS) is 10.5. The number of aromatic nitrogens is 3. The maximum atomic E-state index is 5.35. The quantitative estimate of drug-likeness (QED) is 0.805. The Morgan fingerprint density at radius 2 is 2.12 bits per heavy atom. The molecule has 0 saturated carbocycles. The Bertz CT molecular complexity index is 465. The maximum absolute atomic E-state index is 5.35. The van der Waals surface area contributed by atoms with E-state index in [-0.39, 0.29) is 0 Å². The Labute approximate surface area is 99.5 Å². The summed E-state index contributed by atoms with van der Waals surface area (Å²) in [4.78, 5) is 4.21. The number of nitrogens with zero attached hydrogens (tertiary/aromatic N) is 3. The van der Waals surface area contributed by atoms with Gasteiger partial charge in [-0.1, -0.05) is 11.2 Å².